The van der Waals surface area contributed by atoms with Crippen LogP contribution in [0.15, 0.2) is 0 Å². The smallest absolute Gasteiger partial charge is 0.00366 e. The third-order valence-corrected chi connectivity index (χ3v) is 5.40. The number of nitrogens with two attached hydrogens (primary N) is 1. The highest BCUT2D eigenvalue weighted by Gasteiger charge is 2.35. The molecule has 1 unspecified atom stereocenters. The topological polar surface area (TPSA) is 29.3 Å². The molecule has 0 amide bonds. The molecule has 0 aromatic heterocycles. The average molecular weight is 252 g/mol. The van der Waals surface area contributed by atoms with Crippen molar-refractivity contribution in [3.05, 3.63) is 0 Å². The molecule has 18 heavy (non-hydrogen) atoms. The maximum Gasteiger partial charge on any atom is 0.00366 e. The Morgan fingerprint density at radius 2 is 1.72 bits per heavy atom. The van der Waals surface area contributed by atoms with E-state index in [9.17, 15) is 0 Å². The van der Waals surface area contributed by atoms with Crippen LogP contribution in [0, 0.1) is 5.41 Å². The van der Waals surface area contributed by atoms with Gasteiger partial charge in [-0.25, -0.2) is 0 Å². The third kappa shape index (κ3) is 3.96. The lowest BCUT2D eigenvalue weighted by Gasteiger charge is -2.44. The summed E-state index contributed by atoms with van der Waals surface area (Å²) in [6, 6.07) is 0.430. The van der Waals surface area contributed by atoms with Gasteiger partial charge in [-0.15, -0.1) is 0 Å². The standard InChI is InChI=1S/C16H32N2/c1-2-15(17)7-6-12-18-13-10-16(11-14-18)8-4-3-5-9-16/h15H,2-14,17H2,1H3. The summed E-state index contributed by atoms with van der Waals surface area (Å²) in [6.45, 7) is 6.17. The van der Waals surface area contributed by atoms with Crippen molar-refractivity contribution in [3.8, 4) is 0 Å². The quantitative estimate of drug-likeness (QED) is 0.811. The second-order valence-corrected chi connectivity index (χ2v) is 6.71. The van der Waals surface area contributed by atoms with Crippen molar-refractivity contribution in [1.29, 1.82) is 0 Å². The molecule has 1 spiro atoms. The molecule has 2 nitrogen and oxygen atoms in total. The molecule has 0 bridgehead atoms. The molecule has 0 radical (unpaired) electrons. The largest absolute Gasteiger partial charge is 0.328 e. The minimum absolute atomic E-state index is 0.430. The first-order valence-electron chi connectivity index (χ1n) is 8.22. The molecule has 0 aromatic carbocycles. The lowest BCUT2D eigenvalue weighted by molar-refractivity contribution is 0.0668. The van der Waals surface area contributed by atoms with Crippen molar-refractivity contribution in [3.63, 3.8) is 0 Å². The summed E-state index contributed by atoms with van der Waals surface area (Å²) in [5.74, 6) is 0. The molecule has 1 saturated carbocycles. The lowest BCUT2D eigenvalue weighted by atomic mass is 9.68. The number of nitrogens with zero attached hydrogens (tertiary/aromatic N) is 1. The van der Waals surface area contributed by atoms with Crippen molar-refractivity contribution in [2.24, 2.45) is 11.1 Å². The van der Waals surface area contributed by atoms with Gasteiger partial charge in [-0.1, -0.05) is 26.2 Å². The fourth-order valence-electron chi connectivity index (χ4n) is 3.83. The van der Waals surface area contributed by atoms with E-state index in [0.29, 0.717) is 6.04 Å². The molecule has 2 aliphatic rings. The van der Waals surface area contributed by atoms with Crippen LogP contribution >= 0.6 is 0 Å². The van der Waals surface area contributed by atoms with Crippen molar-refractivity contribution in [2.75, 3.05) is 19.6 Å². The summed E-state index contributed by atoms with van der Waals surface area (Å²) in [6.07, 6.45) is 14.1. The molecular weight excluding hydrogens is 220 g/mol. The maximum atomic E-state index is 5.98. The van der Waals surface area contributed by atoms with E-state index in [2.05, 4.69) is 11.8 Å². The van der Waals surface area contributed by atoms with Gasteiger partial charge in [-0.3, -0.25) is 0 Å². The molecule has 0 aromatic rings. The van der Waals surface area contributed by atoms with E-state index < -0.39 is 0 Å². The van der Waals surface area contributed by atoms with Crippen molar-refractivity contribution >= 4 is 0 Å². The summed E-state index contributed by atoms with van der Waals surface area (Å²) in [4.78, 5) is 2.68. The van der Waals surface area contributed by atoms with Crippen molar-refractivity contribution < 1.29 is 0 Å². The zero-order valence-corrected chi connectivity index (χ0v) is 12.3. The molecule has 2 heteroatoms. The molecule has 1 aliphatic heterocycles. The van der Waals surface area contributed by atoms with Gasteiger partial charge in [0.2, 0.25) is 0 Å². The first-order chi connectivity index (χ1) is 8.74. The Hall–Kier alpha value is -0.0800. The Labute approximate surface area is 113 Å². The minimum atomic E-state index is 0.430. The zero-order valence-electron chi connectivity index (χ0n) is 12.3. The van der Waals surface area contributed by atoms with Gasteiger partial charge in [0.05, 0.1) is 0 Å². The van der Waals surface area contributed by atoms with Crippen LogP contribution in [0.5, 0.6) is 0 Å². The molecule has 2 fully saturated rings. The number of likely N-dealkylation sites (tertiary alicyclic amines) is 1. The third-order valence-electron chi connectivity index (χ3n) is 5.40. The van der Waals surface area contributed by atoms with E-state index in [1.165, 1.54) is 77.4 Å². The number of piperidine rings is 1. The average Bonchev–Trinajstić information content (AvgIpc) is 2.42. The van der Waals surface area contributed by atoms with E-state index in [1.54, 1.807) is 0 Å². The highest BCUT2D eigenvalue weighted by atomic mass is 15.1. The Balaban J connectivity index is 1.64. The van der Waals surface area contributed by atoms with Gasteiger partial charge < -0.3 is 10.6 Å². The second kappa shape index (κ2) is 6.91. The number of hydrogen-bond acceptors (Lipinski definition) is 2. The highest BCUT2D eigenvalue weighted by molar-refractivity contribution is 4.88. The molecular formula is C16H32N2. The van der Waals surface area contributed by atoms with Crippen LogP contribution in [-0.4, -0.2) is 30.6 Å². The molecule has 2 N–H and O–H groups in total. The number of hydrogen-bond donors (Lipinski definition) is 1. The van der Waals surface area contributed by atoms with Crippen LogP contribution in [0.1, 0.15) is 71.1 Å². The van der Waals surface area contributed by atoms with Gasteiger partial charge in [0.15, 0.2) is 0 Å². The van der Waals surface area contributed by atoms with Crippen LogP contribution in [0.25, 0.3) is 0 Å². The lowest BCUT2D eigenvalue weighted by Crippen LogP contribution is -2.41. The van der Waals surface area contributed by atoms with Gasteiger partial charge >= 0.3 is 0 Å². The van der Waals surface area contributed by atoms with Crippen molar-refractivity contribution in [1.82, 2.24) is 4.90 Å². The van der Waals surface area contributed by atoms with E-state index in [4.69, 9.17) is 5.73 Å². The van der Waals surface area contributed by atoms with Gasteiger partial charge in [-0.2, -0.15) is 0 Å². The molecule has 1 aliphatic carbocycles. The van der Waals surface area contributed by atoms with Crippen LogP contribution in [0.2, 0.25) is 0 Å². The van der Waals surface area contributed by atoms with Gasteiger partial charge in [0, 0.05) is 6.04 Å². The summed E-state index contributed by atoms with van der Waals surface area (Å²) < 4.78 is 0. The minimum Gasteiger partial charge on any atom is -0.328 e. The van der Waals surface area contributed by atoms with Crippen LogP contribution < -0.4 is 5.73 Å². The van der Waals surface area contributed by atoms with E-state index in [1.807, 2.05) is 0 Å². The van der Waals surface area contributed by atoms with Gasteiger partial charge in [0.25, 0.3) is 0 Å². The summed E-state index contributed by atoms with van der Waals surface area (Å²) in [5.41, 5.74) is 6.74. The number of rotatable bonds is 5. The first kappa shape index (κ1) is 14.3. The predicted molar refractivity (Wildman–Crippen MR) is 78.7 cm³/mol. The zero-order chi connectivity index (χ0) is 12.8. The summed E-state index contributed by atoms with van der Waals surface area (Å²) in [7, 11) is 0. The van der Waals surface area contributed by atoms with Crippen molar-refractivity contribution in [2.45, 2.75) is 77.2 Å². The molecule has 106 valence electrons. The van der Waals surface area contributed by atoms with Crippen LogP contribution in [0.4, 0.5) is 0 Å². The summed E-state index contributed by atoms with van der Waals surface area (Å²) >= 11 is 0. The highest BCUT2D eigenvalue weighted by Crippen LogP contribution is 2.44. The first-order valence-corrected chi connectivity index (χ1v) is 8.22. The second-order valence-electron chi connectivity index (χ2n) is 6.71. The Kier molecular flexibility index (Phi) is 5.50. The molecule has 1 heterocycles. The van der Waals surface area contributed by atoms with Gasteiger partial charge in [0.1, 0.15) is 0 Å². The Bertz CT molecular complexity index is 223. The Morgan fingerprint density at radius 1 is 1.06 bits per heavy atom. The maximum absolute atomic E-state index is 5.98. The molecule has 1 atom stereocenters. The molecule has 1 saturated heterocycles. The monoisotopic (exact) mass is 252 g/mol. The molecule has 2 rings (SSSR count). The van der Waals surface area contributed by atoms with E-state index in [-0.39, 0.29) is 0 Å². The SMILES string of the molecule is CCC(N)CCCN1CCC2(CCCCC2)CC1. The Morgan fingerprint density at radius 3 is 2.33 bits per heavy atom. The van der Waals surface area contributed by atoms with Crippen LogP contribution in [-0.2, 0) is 0 Å². The predicted octanol–water partition coefficient (Wildman–Crippen LogP) is 3.55. The normalized spacial score (nSPS) is 26.3. The van der Waals surface area contributed by atoms with Crippen LogP contribution in [0.3, 0.4) is 0 Å². The van der Waals surface area contributed by atoms with E-state index >= 15 is 0 Å². The fourth-order valence-corrected chi connectivity index (χ4v) is 3.83. The summed E-state index contributed by atoms with van der Waals surface area (Å²) in [5, 5.41) is 0. The fraction of sp³-hybridized carbons (Fsp3) is 1.00. The van der Waals surface area contributed by atoms with Gasteiger partial charge in [-0.05, 0) is 70.0 Å². The van der Waals surface area contributed by atoms with E-state index in [0.717, 1.165) is 11.8 Å².